The number of benzene rings is 1. The van der Waals surface area contributed by atoms with Crippen LogP contribution < -0.4 is 34.7 Å². The van der Waals surface area contributed by atoms with Crippen molar-refractivity contribution in [1.29, 1.82) is 0 Å². The van der Waals surface area contributed by atoms with Crippen LogP contribution in [0.1, 0.15) is 11.7 Å². The maximum atomic E-state index is 10.3. The van der Waals surface area contributed by atoms with Crippen molar-refractivity contribution < 1.29 is 49.7 Å². The van der Waals surface area contributed by atoms with Gasteiger partial charge < -0.3 is 20.1 Å². The van der Waals surface area contributed by atoms with Crippen LogP contribution in [-0.2, 0) is 4.79 Å². The second-order valence-electron chi connectivity index (χ2n) is 2.43. The van der Waals surface area contributed by atoms with Gasteiger partial charge in [0.2, 0.25) is 0 Å². The summed E-state index contributed by atoms with van der Waals surface area (Å²) < 4.78 is 0.323. The number of hydrogen-bond donors (Lipinski definition) is 2. The van der Waals surface area contributed by atoms with Gasteiger partial charge in [-0.15, -0.1) is 0 Å². The molecule has 4 nitrogen and oxygen atoms in total. The fourth-order valence-electron chi connectivity index (χ4n) is 0.865. The van der Waals surface area contributed by atoms with Crippen LogP contribution in [0.4, 0.5) is 0 Å². The van der Waals surface area contributed by atoms with E-state index in [1.807, 2.05) is 0 Å². The molecule has 0 radical (unpaired) electrons. The minimum absolute atomic E-state index is 0. The van der Waals surface area contributed by atoms with Gasteiger partial charge in [0.25, 0.3) is 0 Å². The van der Waals surface area contributed by atoms with Gasteiger partial charge in [0, 0.05) is 10.0 Å². The van der Waals surface area contributed by atoms with Gasteiger partial charge in [-0.05, 0) is 12.1 Å². The van der Waals surface area contributed by atoms with Crippen LogP contribution >= 0.6 is 15.9 Å². The third-order valence-electron chi connectivity index (χ3n) is 1.50. The van der Waals surface area contributed by atoms with Crippen molar-refractivity contribution in [2.45, 2.75) is 6.10 Å². The molecule has 0 bridgehead atoms. The van der Waals surface area contributed by atoms with Gasteiger partial charge in [-0.1, -0.05) is 22.0 Å². The van der Waals surface area contributed by atoms with E-state index >= 15 is 0 Å². The first-order valence-electron chi connectivity index (χ1n) is 3.39. The topological polar surface area (TPSA) is 80.6 Å². The van der Waals surface area contributed by atoms with Gasteiger partial charge in [-0.3, -0.25) is 0 Å². The molecule has 0 saturated heterocycles. The summed E-state index contributed by atoms with van der Waals surface area (Å²) in [6, 6.07) is 3.88. The van der Waals surface area contributed by atoms with E-state index in [1.165, 1.54) is 18.2 Å². The molecule has 0 saturated carbocycles. The molecular weight excluding hydrogens is 263 g/mol. The molecule has 1 aromatic carbocycles. The van der Waals surface area contributed by atoms with Gasteiger partial charge in [0.05, 0.1) is 5.97 Å². The van der Waals surface area contributed by atoms with E-state index in [2.05, 4.69) is 15.9 Å². The summed E-state index contributed by atoms with van der Waals surface area (Å²) >= 11 is 3.00. The molecule has 0 aromatic heterocycles. The largest absolute Gasteiger partial charge is 1.00 e. The molecule has 0 amide bonds. The van der Waals surface area contributed by atoms with Crippen LogP contribution in [-0.4, -0.2) is 16.2 Å². The fraction of sp³-hybridized carbons (Fsp3) is 0.125. The zero-order valence-corrected chi connectivity index (χ0v) is 11.0. The standard InChI is InChI=1S/C8H7BrO4.Na/c9-6-3-4(10)1-2-5(6)7(11)8(12)13;/h1-3,7,10-11H,(H,12,13);/q;+1/p-1. The number of halogens is 1. The monoisotopic (exact) mass is 268 g/mol. The van der Waals surface area contributed by atoms with Gasteiger partial charge >= 0.3 is 29.6 Å². The normalized spacial score (nSPS) is 11.6. The van der Waals surface area contributed by atoms with E-state index in [1.54, 1.807) is 0 Å². The summed E-state index contributed by atoms with van der Waals surface area (Å²) in [5.74, 6) is -1.59. The smallest absolute Gasteiger partial charge is 0.547 e. The van der Waals surface area contributed by atoms with Gasteiger partial charge in [0.1, 0.15) is 11.9 Å². The number of rotatable bonds is 2. The molecule has 0 aliphatic carbocycles. The van der Waals surface area contributed by atoms with Crippen molar-refractivity contribution in [2.75, 3.05) is 0 Å². The second-order valence-corrected chi connectivity index (χ2v) is 3.28. The SMILES string of the molecule is O=C([O-])C(O)c1ccc(O)cc1Br.[Na+]. The van der Waals surface area contributed by atoms with Crippen LogP contribution in [0.2, 0.25) is 0 Å². The molecular formula is C8H6BrNaO4. The zero-order chi connectivity index (χ0) is 10.0. The molecule has 1 rings (SSSR count). The van der Waals surface area contributed by atoms with Crippen LogP contribution in [0.15, 0.2) is 22.7 Å². The van der Waals surface area contributed by atoms with Gasteiger partial charge in [-0.25, -0.2) is 0 Å². The van der Waals surface area contributed by atoms with Crippen LogP contribution in [0.25, 0.3) is 0 Å². The predicted molar refractivity (Wildman–Crippen MR) is 45.8 cm³/mol. The summed E-state index contributed by atoms with van der Waals surface area (Å²) in [6.45, 7) is 0. The molecule has 0 heterocycles. The molecule has 70 valence electrons. The average molecular weight is 269 g/mol. The minimum Gasteiger partial charge on any atom is -0.547 e. The van der Waals surface area contributed by atoms with E-state index in [-0.39, 0.29) is 40.9 Å². The van der Waals surface area contributed by atoms with Crippen molar-refractivity contribution in [1.82, 2.24) is 0 Å². The van der Waals surface area contributed by atoms with E-state index in [9.17, 15) is 9.90 Å². The third kappa shape index (κ3) is 3.25. The Kier molecular flexibility index (Phi) is 5.70. The number of phenols is 1. The fourth-order valence-corrected chi connectivity index (χ4v) is 1.45. The number of phenolic OH excluding ortho intramolecular Hbond substituents is 1. The van der Waals surface area contributed by atoms with Crippen LogP contribution in [0.3, 0.4) is 0 Å². The summed E-state index contributed by atoms with van der Waals surface area (Å²) in [4.78, 5) is 10.3. The van der Waals surface area contributed by atoms with Gasteiger partial charge in [-0.2, -0.15) is 0 Å². The Morgan fingerprint density at radius 2 is 2.07 bits per heavy atom. The molecule has 0 spiro atoms. The number of aliphatic carboxylic acids is 1. The molecule has 2 N–H and O–H groups in total. The summed E-state index contributed by atoms with van der Waals surface area (Å²) in [5.41, 5.74) is 0.151. The Morgan fingerprint density at radius 1 is 1.50 bits per heavy atom. The Balaban J connectivity index is 0.00000169. The number of hydrogen-bond acceptors (Lipinski definition) is 4. The number of carbonyl (C=O) groups is 1. The van der Waals surface area contributed by atoms with Crippen molar-refractivity contribution in [2.24, 2.45) is 0 Å². The first-order chi connectivity index (χ1) is 6.02. The molecule has 6 heteroatoms. The average Bonchev–Trinajstić information content (AvgIpc) is 2.03. The number of aliphatic hydroxyl groups is 1. The first kappa shape index (κ1) is 13.9. The second kappa shape index (κ2) is 5.72. The predicted octanol–water partition coefficient (Wildman–Crippen LogP) is -3.06. The Hall–Kier alpha value is -0.0700. The zero-order valence-electron chi connectivity index (χ0n) is 7.40. The molecule has 1 atom stereocenters. The molecule has 0 aliphatic rings. The maximum Gasteiger partial charge on any atom is 1.00 e. The number of aliphatic hydroxyl groups excluding tert-OH is 1. The Labute approximate surface area is 111 Å². The summed E-state index contributed by atoms with van der Waals surface area (Å²) in [5, 5.41) is 28.4. The molecule has 14 heavy (non-hydrogen) atoms. The molecule has 0 aliphatic heterocycles. The molecule has 1 unspecified atom stereocenters. The van der Waals surface area contributed by atoms with E-state index in [0.29, 0.717) is 4.47 Å². The van der Waals surface area contributed by atoms with Crippen molar-refractivity contribution in [3.63, 3.8) is 0 Å². The van der Waals surface area contributed by atoms with Crippen molar-refractivity contribution in [3.05, 3.63) is 28.2 Å². The third-order valence-corrected chi connectivity index (χ3v) is 2.19. The van der Waals surface area contributed by atoms with E-state index < -0.39 is 12.1 Å². The molecule has 1 aromatic rings. The number of carboxylic acid groups (broad SMARTS) is 1. The van der Waals surface area contributed by atoms with E-state index in [4.69, 9.17) is 10.2 Å². The summed E-state index contributed by atoms with van der Waals surface area (Å²) in [7, 11) is 0. The van der Waals surface area contributed by atoms with Crippen molar-refractivity contribution >= 4 is 21.9 Å². The van der Waals surface area contributed by atoms with Crippen LogP contribution in [0.5, 0.6) is 5.75 Å². The molecule has 0 fully saturated rings. The number of carbonyl (C=O) groups excluding carboxylic acids is 1. The Morgan fingerprint density at radius 3 is 2.50 bits per heavy atom. The Bertz CT molecular complexity index is 342. The van der Waals surface area contributed by atoms with E-state index in [0.717, 1.165) is 0 Å². The minimum atomic E-state index is -1.69. The van der Waals surface area contributed by atoms with Gasteiger partial charge in [0.15, 0.2) is 0 Å². The quantitative estimate of drug-likeness (QED) is 0.559. The maximum absolute atomic E-state index is 10.3. The number of aromatic hydroxyl groups is 1. The first-order valence-corrected chi connectivity index (χ1v) is 4.19. The van der Waals surface area contributed by atoms with Crippen LogP contribution in [0, 0.1) is 0 Å². The number of carboxylic acids is 1. The van der Waals surface area contributed by atoms with Crippen molar-refractivity contribution in [3.8, 4) is 5.75 Å². The summed E-state index contributed by atoms with van der Waals surface area (Å²) in [6.07, 6.45) is -1.69.